The van der Waals surface area contributed by atoms with Crippen LogP contribution in [0.15, 0.2) is 47.2 Å². The summed E-state index contributed by atoms with van der Waals surface area (Å²) < 4.78 is 5.17. The molecule has 0 fully saturated rings. The van der Waals surface area contributed by atoms with Crippen LogP contribution >= 0.6 is 22.7 Å². The van der Waals surface area contributed by atoms with Crippen LogP contribution in [0.1, 0.15) is 11.3 Å². The van der Waals surface area contributed by atoms with Crippen molar-refractivity contribution in [1.29, 1.82) is 0 Å². The molecule has 0 bridgehead atoms. The first-order chi connectivity index (χ1) is 12.7. The largest absolute Gasteiger partial charge is 0.455 e. The van der Waals surface area contributed by atoms with Crippen LogP contribution in [0.4, 0.5) is 5.69 Å². The van der Waals surface area contributed by atoms with E-state index < -0.39 is 5.97 Å². The van der Waals surface area contributed by atoms with Gasteiger partial charge in [0.15, 0.2) is 6.61 Å². The molecule has 0 spiro atoms. The third kappa shape index (κ3) is 3.54. The first-order valence-corrected chi connectivity index (χ1v) is 9.99. The van der Waals surface area contributed by atoms with Crippen LogP contribution in [0.5, 0.6) is 0 Å². The Morgan fingerprint density at radius 1 is 1.15 bits per heavy atom. The number of carbonyl (C=O) groups excluding carboxylic acids is 2. The Morgan fingerprint density at radius 2 is 2.04 bits per heavy atom. The second-order valence-electron chi connectivity index (χ2n) is 5.88. The molecule has 0 saturated carbocycles. The number of benzene rings is 1. The van der Waals surface area contributed by atoms with Gasteiger partial charge in [-0.25, -0.2) is 4.98 Å². The van der Waals surface area contributed by atoms with Gasteiger partial charge in [0.25, 0.3) is 5.91 Å². The molecule has 2 aromatic heterocycles. The van der Waals surface area contributed by atoms with Gasteiger partial charge in [0.1, 0.15) is 5.01 Å². The summed E-state index contributed by atoms with van der Waals surface area (Å²) in [6.07, 6.45) is 0.909. The van der Waals surface area contributed by atoms with E-state index in [4.69, 9.17) is 4.74 Å². The highest BCUT2D eigenvalue weighted by molar-refractivity contribution is 7.20. The average Bonchev–Trinajstić information content (AvgIpc) is 3.39. The van der Waals surface area contributed by atoms with E-state index in [0.717, 1.165) is 27.6 Å². The molecule has 0 aliphatic carbocycles. The molecule has 5 nitrogen and oxygen atoms in total. The number of ether oxygens (including phenoxy) is 1. The van der Waals surface area contributed by atoms with Crippen molar-refractivity contribution in [3.05, 3.63) is 58.4 Å². The van der Waals surface area contributed by atoms with Gasteiger partial charge in [0, 0.05) is 17.6 Å². The summed E-state index contributed by atoms with van der Waals surface area (Å²) in [5, 5.41) is 4.74. The van der Waals surface area contributed by atoms with Crippen molar-refractivity contribution in [2.75, 3.05) is 18.1 Å². The SMILES string of the molecule is O=C(Cc1csc(-c2cccs2)n1)OCC(=O)N1CCc2ccccc21. The first kappa shape index (κ1) is 16.9. The van der Waals surface area contributed by atoms with E-state index in [1.807, 2.05) is 47.2 Å². The number of para-hydroxylation sites is 1. The molecule has 132 valence electrons. The van der Waals surface area contributed by atoms with Crippen molar-refractivity contribution in [2.24, 2.45) is 0 Å². The Morgan fingerprint density at radius 3 is 2.88 bits per heavy atom. The molecule has 0 atom stereocenters. The fourth-order valence-corrected chi connectivity index (χ4v) is 4.55. The summed E-state index contributed by atoms with van der Waals surface area (Å²) in [4.78, 5) is 31.6. The van der Waals surface area contributed by atoms with Crippen molar-refractivity contribution < 1.29 is 14.3 Å². The second kappa shape index (κ2) is 7.39. The number of anilines is 1. The third-order valence-electron chi connectivity index (χ3n) is 4.15. The minimum atomic E-state index is -0.436. The lowest BCUT2D eigenvalue weighted by atomic mass is 10.2. The summed E-state index contributed by atoms with van der Waals surface area (Å²) >= 11 is 3.12. The van der Waals surface area contributed by atoms with Crippen molar-refractivity contribution in [1.82, 2.24) is 4.98 Å². The smallest absolute Gasteiger partial charge is 0.312 e. The zero-order valence-corrected chi connectivity index (χ0v) is 15.5. The molecule has 3 heterocycles. The van der Waals surface area contributed by atoms with Crippen LogP contribution in [0.25, 0.3) is 9.88 Å². The molecule has 1 aromatic carbocycles. The topological polar surface area (TPSA) is 59.5 Å². The molecule has 0 saturated heterocycles. The van der Waals surface area contributed by atoms with E-state index in [0.29, 0.717) is 12.2 Å². The molecular weight excluding hydrogens is 368 g/mol. The lowest BCUT2D eigenvalue weighted by molar-refractivity contribution is -0.147. The lowest BCUT2D eigenvalue weighted by Crippen LogP contribution is -2.33. The molecule has 1 amide bonds. The van der Waals surface area contributed by atoms with Crippen molar-refractivity contribution in [3.63, 3.8) is 0 Å². The minimum absolute atomic E-state index is 0.0751. The highest BCUT2D eigenvalue weighted by Crippen LogP contribution is 2.28. The van der Waals surface area contributed by atoms with Gasteiger partial charge in [-0.2, -0.15) is 0 Å². The second-order valence-corrected chi connectivity index (χ2v) is 7.69. The first-order valence-electron chi connectivity index (χ1n) is 8.23. The Balaban J connectivity index is 1.31. The van der Waals surface area contributed by atoms with Gasteiger partial charge in [-0.05, 0) is 29.5 Å². The number of esters is 1. The summed E-state index contributed by atoms with van der Waals surface area (Å²) in [7, 11) is 0. The standard InChI is InChI=1S/C19H16N2O3S2/c22-17(21-8-7-13-4-1-2-5-15(13)21)11-24-18(23)10-14-12-26-19(20-14)16-6-3-9-25-16/h1-6,9,12H,7-8,10-11H2. The van der Waals surface area contributed by atoms with E-state index in [2.05, 4.69) is 4.98 Å². The zero-order valence-electron chi connectivity index (χ0n) is 13.9. The predicted octanol–water partition coefficient (Wildman–Crippen LogP) is 3.55. The molecule has 0 N–H and O–H groups in total. The molecule has 7 heteroatoms. The Labute approximate surface area is 158 Å². The van der Waals surface area contributed by atoms with Crippen LogP contribution in [0, 0.1) is 0 Å². The van der Waals surface area contributed by atoms with Gasteiger partial charge >= 0.3 is 5.97 Å². The summed E-state index contributed by atoms with van der Waals surface area (Å²) in [5.74, 6) is -0.630. The number of hydrogen-bond donors (Lipinski definition) is 0. The molecule has 0 unspecified atom stereocenters. The number of aromatic nitrogens is 1. The highest BCUT2D eigenvalue weighted by atomic mass is 32.1. The van der Waals surface area contributed by atoms with Crippen LogP contribution in [0.2, 0.25) is 0 Å². The minimum Gasteiger partial charge on any atom is -0.455 e. The van der Waals surface area contributed by atoms with Crippen LogP contribution in [-0.2, 0) is 27.2 Å². The van der Waals surface area contributed by atoms with Gasteiger partial charge in [-0.3, -0.25) is 9.59 Å². The molecule has 1 aliphatic rings. The van der Waals surface area contributed by atoms with Gasteiger partial charge < -0.3 is 9.64 Å². The van der Waals surface area contributed by atoms with Gasteiger partial charge in [0.2, 0.25) is 0 Å². The van der Waals surface area contributed by atoms with Crippen molar-refractivity contribution in [3.8, 4) is 9.88 Å². The molecule has 3 aromatic rings. The number of nitrogens with zero attached hydrogens (tertiary/aromatic N) is 2. The Hall–Kier alpha value is -2.51. The van der Waals surface area contributed by atoms with Gasteiger partial charge in [-0.1, -0.05) is 24.3 Å². The number of fused-ring (bicyclic) bond motifs is 1. The number of thiophene rings is 1. The fraction of sp³-hybridized carbons (Fsp3) is 0.211. The summed E-state index contributed by atoms with van der Waals surface area (Å²) in [6, 6.07) is 11.8. The van der Waals surface area contributed by atoms with Gasteiger partial charge in [-0.15, -0.1) is 22.7 Å². The van der Waals surface area contributed by atoms with E-state index in [-0.39, 0.29) is 18.9 Å². The maximum absolute atomic E-state index is 12.4. The van der Waals surface area contributed by atoms with E-state index in [1.165, 1.54) is 11.3 Å². The van der Waals surface area contributed by atoms with Crippen molar-refractivity contribution in [2.45, 2.75) is 12.8 Å². The molecule has 1 aliphatic heterocycles. The van der Waals surface area contributed by atoms with Gasteiger partial charge in [0.05, 0.1) is 17.0 Å². The maximum Gasteiger partial charge on any atom is 0.312 e. The van der Waals surface area contributed by atoms with Crippen LogP contribution in [-0.4, -0.2) is 30.0 Å². The monoisotopic (exact) mass is 384 g/mol. The number of carbonyl (C=O) groups is 2. The third-order valence-corrected chi connectivity index (χ3v) is 6.08. The molecule has 0 radical (unpaired) electrons. The van der Waals surface area contributed by atoms with Crippen molar-refractivity contribution >= 4 is 40.2 Å². The highest BCUT2D eigenvalue weighted by Gasteiger charge is 2.25. The zero-order chi connectivity index (χ0) is 17.9. The fourth-order valence-electron chi connectivity index (χ4n) is 2.92. The molecule has 26 heavy (non-hydrogen) atoms. The normalized spacial score (nSPS) is 12.8. The summed E-state index contributed by atoms with van der Waals surface area (Å²) in [5.41, 5.74) is 2.73. The number of thiazole rings is 1. The average molecular weight is 384 g/mol. The summed E-state index contributed by atoms with van der Waals surface area (Å²) in [6.45, 7) is 0.390. The molecule has 4 rings (SSSR count). The van der Waals surface area contributed by atoms with E-state index >= 15 is 0 Å². The lowest BCUT2D eigenvalue weighted by Gasteiger charge is -2.17. The van der Waals surface area contributed by atoms with Crippen LogP contribution in [0.3, 0.4) is 0 Å². The Kier molecular flexibility index (Phi) is 4.81. The quantitative estimate of drug-likeness (QED) is 0.631. The van der Waals surface area contributed by atoms with E-state index in [9.17, 15) is 9.59 Å². The number of rotatable bonds is 5. The Bertz CT molecular complexity index is 934. The molecular formula is C19H16N2O3S2. The predicted molar refractivity (Wildman–Crippen MR) is 103 cm³/mol. The number of hydrogen-bond acceptors (Lipinski definition) is 6. The number of amides is 1. The maximum atomic E-state index is 12.4. The van der Waals surface area contributed by atoms with Crippen LogP contribution < -0.4 is 4.90 Å². The van der Waals surface area contributed by atoms with E-state index in [1.54, 1.807) is 16.2 Å².